The molecular weight excluding hydrogens is 162 g/mol. The molecule has 0 aliphatic heterocycles. The summed E-state index contributed by atoms with van der Waals surface area (Å²) < 4.78 is 0. The number of hydrogen-bond acceptors (Lipinski definition) is 3. The number of aromatic nitrogens is 3. The molecular formula is C10H11N3. The summed E-state index contributed by atoms with van der Waals surface area (Å²) in [5, 5.41) is 0. The Balaban J connectivity index is 1.69. The molecule has 5 atom stereocenters. The lowest BCUT2D eigenvalue weighted by molar-refractivity contribution is -0.216. The Hall–Kier alpha value is -0.990. The quantitative estimate of drug-likeness (QED) is 0.641. The van der Waals surface area contributed by atoms with E-state index in [4.69, 9.17) is 0 Å². The fourth-order valence-corrected chi connectivity index (χ4v) is 3.80. The second kappa shape index (κ2) is 1.91. The topological polar surface area (TPSA) is 38.7 Å². The molecule has 0 saturated heterocycles. The molecule has 0 amide bonds. The first-order valence-corrected chi connectivity index (χ1v) is 5.07. The van der Waals surface area contributed by atoms with Crippen LogP contribution in [0.4, 0.5) is 0 Å². The molecule has 3 aliphatic rings. The molecule has 3 nitrogen and oxygen atoms in total. The molecule has 3 fully saturated rings. The highest BCUT2D eigenvalue weighted by molar-refractivity contribution is 5.24. The van der Waals surface area contributed by atoms with Gasteiger partial charge in [-0.2, -0.15) is 0 Å². The highest BCUT2D eigenvalue weighted by Gasteiger charge is 2.68. The van der Waals surface area contributed by atoms with Gasteiger partial charge in [0.15, 0.2) is 0 Å². The van der Waals surface area contributed by atoms with Gasteiger partial charge < -0.3 is 0 Å². The minimum atomic E-state index is 0.693. The van der Waals surface area contributed by atoms with Crippen molar-refractivity contribution in [1.29, 1.82) is 0 Å². The van der Waals surface area contributed by atoms with E-state index in [1.807, 2.05) is 0 Å². The van der Waals surface area contributed by atoms with E-state index in [0.717, 1.165) is 29.5 Å². The molecule has 66 valence electrons. The molecule has 0 radical (unpaired) electrons. The predicted octanol–water partition coefficient (Wildman–Crippen LogP) is 1.24. The maximum absolute atomic E-state index is 4.27. The van der Waals surface area contributed by atoms with Gasteiger partial charge in [-0.3, -0.25) is 0 Å². The maximum atomic E-state index is 4.27. The van der Waals surface area contributed by atoms with Crippen molar-refractivity contribution in [3.05, 3.63) is 18.5 Å². The Morgan fingerprint density at radius 1 is 1.08 bits per heavy atom. The van der Waals surface area contributed by atoms with Crippen LogP contribution in [-0.2, 0) is 0 Å². The average Bonchev–Trinajstić information content (AvgIpc) is 2.18. The summed E-state index contributed by atoms with van der Waals surface area (Å²) in [4.78, 5) is 12.4. The fraction of sp³-hybridized carbons (Fsp3) is 0.700. The monoisotopic (exact) mass is 173 g/mol. The lowest BCUT2D eigenvalue weighted by Crippen LogP contribution is -2.66. The van der Waals surface area contributed by atoms with Crippen molar-refractivity contribution in [2.45, 2.75) is 18.8 Å². The Labute approximate surface area is 76.6 Å². The minimum absolute atomic E-state index is 0.693. The molecule has 1 aromatic heterocycles. The van der Waals surface area contributed by atoms with E-state index in [2.05, 4.69) is 15.0 Å². The summed E-state index contributed by atoms with van der Waals surface area (Å²) in [7, 11) is 0. The second-order valence-corrected chi connectivity index (χ2v) is 4.66. The van der Waals surface area contributed by atoms with Gasteiger partial charge in [-0.1, -0.05) is 0 Å². The zero-order valence-corrected chi connectivity index (χ0v) is 7.30. The summed E-state index contributed by atoms with van der Waals surface area (Å²) in [6.07, 6.45) is 6.14. The zero-order chi connectivity index (χ0) is 8.41. The summed E-state index contributed by atoms with van der Waals surface area (Å²) in [6.45, 7) is 0. The minimum Gasteiger partial charge on any atom is -0.225 e. The van der Waals surface area contributed by atoms with Gasteiger partial charge in [-0.05, 0) is 36.5 Å². The number of rotatable bonds is 1. The summed E-state index contributed by atoms with van der Waals surface area (Å²) in [6, 6.07) is 0. The standard InChI is InChI=1S/C10H11N3/c1-5-2-7-8(5)6(1)9(7)10-12-3-11-4-13-10/h3-9H,1-2H2/t5?,6-,7?,8?,9?/m0/s1. The van der Waals surface area contributed by atoms with Gasteiger partial charge in [0.2, 0.25) is 0 Å². The first kappa shape index (κ1) is 6.46. The van der Waals surface area contributed by atoms with Crippen molar-refractivity contribution < 1.29 is 0 Å². The van der Waals surface area contributed by atoms with E-state index < -0.39 is 0 Å². The van der Waals surface area contributed by atoms with E-state index in [-0.39, 0.29) is 0 Å². The second-order valence-electron chi connectivity index (χ2n) is 4.66. The van der Waals surface area contributed by atoms with Crippen LogP contribution in [0.5, 0.6) is 0 Å². The number of nitrogens with zero attached hydrogens (tertiary/aromatic N) is 3. The van der Waals surface area contributed by atoms with Crippen molar-refractivity contribution in [1.82, 2.24) is 15.0 Å². The highest BCUT2D eigenvalue weighted by Crippen LogP contribution is 2.75. The van der Waals surface area contributed by atoms with Crippen molar-refractivity contribution in [2.75, 3.05) is 0 Å². The molecule has 3 aliphatic carbocycles. The maximum Gasteiger partial charge on any atom is 0.135 e. The zero-order valence-electron chi connectivity index (χ0n) is 7.30. The van der Waals surface area contributed by atoms with Crippen LogP contribution in [0.15, 0.2) is 12.7 Å². The summed E-state index contributed by atoms with van der Waals surface area (Å²) >= 11 is 0. The molecule has 1 aromatic rings. The van der Waals surface area contributed by atoms with Gasteiger partial charge in [0.25, 0.3) is 0 Å². The van der Waals surface area contributed by atoms with Crippen LogP contribution in [0.1, 0.15) is 24.6 Å². The van der Waals surface area contributed by atoms with Crippen molar-refractivity contribution in [3.8, 4) is 0 Å². The highest BCUT2D eigenvalue weighted by atomic mass is 15.0. The van der Waals surface area contributed by atoms with Gasteiger partial charge in [0, 0.05) is 5.92 Å². The lowest BCUT2D eigenvalue weighted by atomic mass is 9.32. The Kier molecular flexibility index (Phi) is 0.951. The van der Waals surface area contributed by atoms with Crippen molar-refractivity contribution in [3.63, 3.8) is 0 Å². The molecule has 3 saturated carbocycles. The Morgan fingerprint density at radius 2 is 1.77 bits per heavy atom. The molecule has 0 spiro atoms. The van der Waals surface area contributed by atoms with E-state index in [1.165, 1.54) is 12.8 Å². The summed E-state index contributed by atoms with van der Waals surface area (Å²) in [5.41, 5.74) is 0. The molecule has 0 N–H and O–H groups in total. The molecule has 4 rings (SSSR count). The van der Waals surface area contributed by atoms with Crippen LogP contribution in [0.25, 0.3) is 0 Å². The fourth-order valence-electron chi connectivity index (χ4n) is 3.80. The first-order valence-electron chi connectivity index (χ1n) is 5.07. The Bertz CT molecular complexity index is 336. The van der Waals surface area contributed by atoms with E-state index in [0.29, 0.717) is 5.92 Å². The molecule has 3 heteroatoms. The van der Waals surface area contributed by atoms with E-state index in [1.54, 1.807) is 12.7 Å². The van der Waals surface area contributed by atoms with Gasteiger partial charge in [-0.25, -0.2) is 15.0 Å². The van der Waals surface area contributed by atoms with Crippen LogP contribution >= 0.6 is 0 Å². The normalized spacial score (nSPS) is 49.7. The van der Waals surface area contributed by atoms with Gasteiger partial charge in [0.1, 0.15) is 18.5 Å². The predicted molar refractivity (Wildman–Crippen MR) is 45.8 cm³/mol. The third kappa shape index (κ3) is 0.587. The van der Waals surface area contributed by atoms with Crippen LogP contribution in [0.3, 0.4) is 0 Å². The summed E-state index contributed by atoms with van der Waals surface area (Å²) in [5.74, 6) is 5.78. The number of hydrogen-bond donors (Lipinski definition) is 0. The van der Waals surface area contributed by atoms with Gasteiger partial charge in [-0.15, -0.1) is 0 Å². The molecule has 0 bridgehead atoms. The van der Waals surface area contributed by atoms with Crippen molar-refractivity contribution in [2.24, 2.45) is 23.7 Å². The first-order chi connectivity index (χ1) is 6.45. The smallest absolute Gasteiger partial charge is 0.135 e. The average molecular weight is 173 g/mol. The molecule has 1 heterocycles. The van der Waals surface area contributed by atoms with Gasteiger partial charge >= 0.3 is 0 Å². The van der Waals surface area contributed by atoms with E-state index >= 15 is 0 Å². The van der Waals surface area contributed by atoms with Crippen molar-refractivity contribution >= 4 is 0 Å². The lowest BCUT2D eigenvalue weighted by Gasteiger charge is -2.72. The van der Waals surface area contributed by atoms with Crippen LogP contribution < -0.4 is 0 Å². The van der Waals surface area contributed by atoms with Crippen LogP contribution in [0, 0.1) is 23.7 Å². The third-order valence-electron chi connectivity index (χ3n) is 4.42. The van der Waals surface area contributed by atoms with Crippen LogP contribution in [-0.4, -0.2) is 15.0 Å². The van der Waals surface area contributed by atoms with Gasteiger partial charge in [0.05, 0.1) is 0 Å². The van der Waals surface area contributed by atoms with E-state index in [9.17, 15) is 0 Å². The van der Waals surface area contributed by atoms with Crippen LogP contribution in [0.2, 0.25) is 0 Å². The SMILES string of the molecule is c1ncnc(C2C3CC4C[C@H]2C43)n1. The molecule has 4 unspecified atom stereocenters. The largest absolute Gasteiger partial charge is 0.225 e. The third-order valence-corrected chi connectivity index (χ3v) is 4.42. The Morgan fingerprint density at radius 3 is 2.31 bits per heavy atom. The molecule has 13 heavy (non-hydrogen) atoms. The molecule has 0 aromatic carbocycles.